The van der Waals surface area contributed by atoms with Crippen LogP contribution >= 0.6 is 0 Å². The maximum absolute atomic E-state index is 13.0. The summed E-state index contributed by atoms with van der Waals surface area (Å²) >= 11 is 0. The Labute approximate surface area is 139 Å². The molecule has 0 saturated carbocycles. The van der Waals surface area contributed by atoms with Gasteiger partial charge in [-0.2, -0.15) is 4.98 Å². The minimum atomic E-state index is -0.296. The third kappa shape index (κ3) is 2.53. The fraction of sp³-hybridized carbons (Fsp3) is 0.529. The number of nitrogens with zero attached hydrogens (tertiary/aromatic N) is 3. The fourth-order valence-electron chi connectivity index (χ4n) is 3.72. The SMILES string of the molecule is Cc1nc(C2CCCN2C(=O)c2cc3c([nH]c2=O)CCCC3)no1. The molecule has 1 atom stereocenters. The van der Waals surface area contributed by atoms with Crippen molar-refractivity contribution >= 4 is 5.91 Å². The highest BCUT2D eigenvalue weighted by molar-refractivity contribution is 5.94. The summed E-state index contributed by atoms with van der Waals surface area (Å²) in [6.07, 6.45) is 5.64. The van der Waals surface area contributed by atoms with E-state index in [0.29, 0.717) is 18.3 Å². The van der Waals surface area contributed by atoms with Crippen molar-refractivity contribution in [2.24, 2.45) is 0 Å². The number of carbonyl (C=O) groups is 1. The number of nitrogens with one attached hydrogen (secondary N) is 1. The molecule has 1 saturated heterocycles. The maximum atomic E-state index is 13.0. The van der Waals surface area contributed by atoms with E-state index in [0.717, 1.165) is 49.8 Å². The normalized spacial score (nSPS) is 20.2. The van der Waals surface area contributed by atoms with Crippen LogP contribution in [0.15, 0.2) is 15.4 Å². The van der Waals surface area contributed by atoms with E-state index in [4.69, 9.17) is 4.52 Å². The molecular formula is C17H20N4O3. The summed E-state index contributed by atoms with van der Waals surface area (Å²) in [4.78, 5) is 34.2. The Morgan fingerprint density at radius 3 is 2.96 bits per heavy atom. The molecule has 1 unspecified atom stereocenters. The first-order valence-electron chi connectivity index (χ1n) is 8.50. The van der Waals surface area contributed by atoms with E-state index in [2.05, 4.69) is 15.1 Å². The summed E-state index contributed by atoms with van der Waals surface area (Å²) in [5, 5.41) is 3.95. The number of rotatable bonds is 2. The van der Waals surface area contributed by atoms with Crippen molar-refractivity contribution in [3.05, 3.63) is 45.0 Å². The number of hydrogen-bond acceptors (Lipinski definition) is 5. The van der Waals surface area contributed by atoms with Crippen molar-refractivity contribution in [2.45, 2.75) is 51.5 Å². The third-order valence-electron chi connectivity index (χ3n) is 4.92. The summed E-state index contributed by atoms with van der Waals surface area (Å²) < 4.78 is 5.04. The summed E-state index contributed by atoms with van der Waals surface area (Å²) in [6, 6.07) is 1.57. The standard InChI is InChI=1S/C17H20N4O3/c1-10-18-15(20-24-10)14-7-4-8-21(14)17(23)12-9-11-5-2-3-6-13(11)19-16(12)22/h9,14H,2-8H2,1H3,(H,19,22). The zero-order valence-electron chi connectivity index (χ0n) is 13.7. The van der Waals surface area contributed by atoms with Gasteiger partial charge in [-0.15, -0.1) is 0 Å². The summed E-state index contributed by atoms with van der Waals surface area (Å²) in [6.45, 7) is 2.33. The molecule has 1 fully saturated rings. The highest BCUT2D eigenvalue weighted by atomic mass is 16.5. The zero-order chi connectivity index (χ0) is 16.7. The average Bonchev–Trinajstić information content (AvgIpc) is 3.22. The lowest BCUT2D eigenvalue weighted by molar-refractivity contribution is 0.0726. The molecule has 1 amide bonds. The van der Waals surface area contributed by atoms with E-state index in [1.165, 1.54) is 0 Å². The molecule has 7 nitrogen and oxygen atoms in total. The molecule has 1 aliphatic heterocycles. The van der Waals surface area contributed by atoms with Crippen LogP contribution in [0.4, 0.5) is 0 Å². The number of aromatic amines is 1. The van der Waals surface area contributed by atoms with Gasteiger partial charge >= 0.3 is 0 Å². The molecule has 2 aromatic rings. The van der Waals surface area contributed by atoms with Crippen LogP contribution in [0, 0.1) is 6.92 Å². The molecule has 24 heavy (non-hydrogen) atoms. The van der Waals surface area contributed by atoms with E-state index in [1.807, 2.05) is 0 Å². The van der Waals surface area contributed by atoms with Crippen LogP contribution in [0.2, 0.25) is 0 Å². The predicted octanol–water partition coefficient (Wildman–Crippen LogP) is 1.92. The average molecular weight is 328 g/mol. The van der Waals surface area contributed by atoms with Crippen molar-refractivity contribution in [1.82, 2.24) is 20.0 Å². The van der Waals surface area contributed by atoms with Crippen LogP contribution in [-0.4, -0.2) is 32.5 Å². The van der Waals surface area contributed by atoms with Crippen molar-refractivity contribution < 1.29 is 9.32 Å². The number of fused-ring (bicyclic) bond motifs is 1. The van der Waals surface area contributed by atoms with Gasteiger partial charge in [0, 0.05) is 19.2 Å². The minimum Gasteiger partial charge on any atom is -0.340 e. The second kappa shape index (κ2) is 5.89. The molecule has 2 aromatic heterocycles. The Kier molecular flexibility index (Phi) is 3.70. The van der Waals surface area contributed by atoms with Gasteiger partial charge in [-0.1, -0.05) is 5.16 Å². The van der Waals surface area contributed by atoms with E-state index < -0.39 is 0 Å². The van der Waals surface area contributed by atoms with Gasteiger partial charge in [0.15, 0.2) is 5.82 Å². The van der Waals surface area contributed by atoms with Gasteiger partial charge < -0.3 is 14.4 Å². The third-order valence-corrected chi connectivity index (χ3v) is 4.92. The highest BCUT2D eigenvalue weighted by Crippen LogP contribution is 2.31. The molecule has 3 heterocycles. The number of pyridine rings is 1. The second-order valence-corrected chi connectivity index (χ2v) is 6.55. The molecule has 0 radical (unpaired) electrons. The van der Waals surface area contributed by atoms with E-state index in [1.54, 1.807) is 17.9 Å². The van der Waals surface area contributed by atoms with Gasteiger partial charge in [-0.05, 0) is 50.2 Å². The molecule has 1 aliphatic carbocycles. The predicted molar refractivity (Wildman–Crippen MR) is 85.8 cm³/mol. The summed E-state index contributed by atoms with van der Waals surface area (Å²) in [7, 11) is 0. The van der Waals surface area contributed by atoms with Crippen LogP contribution in [0.25, 0.3) is 0 Å². The van der Waals surface area contributed by atoms with Crippen molar-refractivity contribution in [3.8, 4) is 0 Å². The largest absolute Gasteiger partial charge is 0.340 e. The Balaban J connectivity index is 1.67. The number of aromatic nitrogens is 3. The van der Waals surface area contributed by atoms with Crippen LogP contribution in [0.3, 0.4) is 0 Å². The van der Waals surface area contributed by atoms with Crippen molar-refractivity contribution in [2.75, 3.05) is 6.54 Å². The van der Waals surface area contributed by atoms with Gasteiger partial charge in [0.1, 0.15) is 5.56 Å². The number of amides is 1. The number of aryl methyl sites for hydroxylation is 3. The molecule has 2 aliphatic rings. The fourth-order valence-corrected chi connectivity index (χ4v) is 3.72. The Morgan fingerprint density at radius 1 is 1.33 bits per heavy atom. The van der Waals surface area contributed by atoms with E-state index in [-0.39, 0.29) is 23.1 Å². The van der Waals surface area contributed by atoms with Gasteiger partial charge in [0.05, 0.1) is 6.04 Å². The molecular weight excluding hydrogens is 308 g/mol. The smallest absolute Gasteiger partial charge is 0.261 e. The summed E-state index contributed by atoms with van der Waals surface area (Å²) in [5.74, 6) is 0.762. The molecule has 0 aromatic carbocycles. The van der Waals surface area contributed by atoms with E-state index >= 15 is 0 Å². The van der Waals surface area contributed by atoms with Gasteiger partial charge in [0.2, 0.25) is 5.89 Å². The lowest BCUT2D eigenvalue weighted by atomic mass is 9.95. The maximum Gasteiger partial charge on any atom is 0.261 e. The van der Waals surface area contributed by atoms with Gasteiger partial charge in [-0.3, -0.25) is 9.59 Å². The first-order valence-corrected chi connectivity index (χ1v) is 8.50. The first-order chi connectivity index (χ1) is 11.6. The monoisotopic (exact) mass is 328 g/mol. The first kappa shape index (κ1) is 15.1. The molecule has 126 valence electrons. The molecule has 0 spiro atoms. The number of hydrogen-bond donors (Lipinski definition) is 1. The van der Waals surface area contributed by atoms with Crippen molar-refractivity contribution in [3.63, 3.8) is 0 Å². The number of H-pyrrole nitrogens is 1. The number of carbonyl (C=O) groups excluding carboxylic acids is 1. The molecule has 7 heteroatoms. The van der Waals surface area contributed by atoms with Crippen LogP contribution in [0.5, 0.6) is 0 Å². The highest BCUT2D eigenvalue weighted by Gasteiger charge is 2.35. The lowest BCUT2D eigenvalue weighted by Gasteiger charge is -2.23. The Morgan fingerprint density at radius 2 is 2.17 bits per heavy atom. The quantitative estimate of drug-likeness (QED) is 0.909. The number of likely N-dealkylation sites (tertiary alicyclic amines) is 1. The minimum absolute atomic E-state index is 0.217. The van der Waals surface area contributed by atoms with Crippen molar-refractivity contribution in [1.29, 1.82) is 0 Å². The Hall–Kier alpha value is -2.44. The lowest BCUT2D eigenvalue weighted by Crippen LogP contribution is -2.35. The topological polar surface area (TPSA) is 92.1 Å². The van der Waals surface area contributed by atoms with Crippen LogP contribution in [-0.2, 0) is 12.8 Å². The molecule has 0 bridgehead atoms. The Bertz CT molecular complexity index is 839. The zero-order valence-corrected chi connectivity index (χ0v) is 13.7. The van der Waals surface area contributed by atoms with Gasteiger partial charge in [0.25, 0.3) is 11.5 Å². The van der Waals surface area contributed by atoms with Crippen LogP contribution < -0.4 is 5.56 Å². The second-order valence-electron chi connectivity index (χ2n) is 6.55. The molecule has 1 N–H and O–H groups in total. The van der Waals surface area contributed by atoms with E-state index in [9.17, 15) is 9.59 Å². The summed E-state index contributed by atoms with van der Waals surface area (Å²) in [5.41, 5.74) is 2.00. The van der Waals surface area contributed by atoms with Gasteiger partial charge in [-0.25, -0.2) is 0 Å². The van der Waals surface area contributed by atoms with Crippen LogP contribution in [0.1, 0.15) is 65.1 Å². The molecule has 4 rings (SSSR count).